The van der Waals surface area contributed by atoms with E-state index in [1.165, 1.54) is 51.4 Å². The van der Waals surface area contributed by atoms with Crippen LogP contribution in [0.4, 0.5) is 0 Å². The van der Waals surface area contributed by atoms with Crippen LogP contribution in [0.1, 0.15) is 96.8 Å². The van der Waals surface area contributed by atoms with Crippen LogP contribution in [0.3, 0.4) is 0 Å². The van der Waals surface area contributed by atoms with Gasteiger partial charge < -0.3 is 24.2 Å². The van der Waals surface area contributed by atoms with E-state index < -0.39 is 5.97 Å². The Morgan fingerprint density at radius 3 is 2.07 bits per heavy atom. The molecule has 0 amide bonds. The highest BCUT2D eigenvalue weighted by molar-refractivity contribution is 5.64. The van der Waals surface area contributed by atoms with Crippen LogP contribution in [0.15, 0.2) is 12.2 Å². The van der Waals surface area contributed by atoms with Crippen molar-refractivity contribution in [3.63, 3.8) is 0 Å². The topological polar surface area (TPSA) is 69.6 Å². The Morgan fingerprint density at radius 2 is 1.50 bits per heavy atom. The van der Waals surface area contributed by atoms with Crippen LogP contribution < -0.4 is 5.11 Å². The summed E-state index contributed by atoms with van der Waals surface area (Å²) in [7, 11) is 6.01. The number of likely N-dealkylation sites (N-methyl/N-ethyl adjacent to an activating group) is 1. The zero-order chi connectivity index (χ0) is 22.7. The summed E-state index contributed by atoms with van der Waals surface area (Å²) in [6, 6.07) is 0. The molecular formula is C25H49NO4. The monoisotopic (exact) mass is 427 g/mol. The van der Waals surface area contributed by atoms with Crippen LogP contribution in [-0.2, 0) is 9.53 Å². The molecule has 0 saturated carbocycles. The van der Waals surface area contributed by atoms with Crippen molar-refractivity contribution in [3.05, 3.63) is 12.2 Å². The number of quaternary nitrogens is 1. The van der Waals surface area contributed by atoms with Gasteiger partial charge in [-0.05, 0) is 38.5 Å². The van der Waals surface area contributed by atoms with Crippen molar-refractivity contribution in [1.82, 2.24) is 0 Å². The first kappa shape index (κ1) is 29.1. The number of carboxylic acid groups (broad SMARTS) is 1. The van der Waals surface area contributed by atoms with Gasteiger partial charge in [-0.25, -0.2) is 0 Å². The highest BCUT2D eigenvalue weighted by Crippen LogP contribution is 2.11. The average Bonchev–Trinajstić information content (AvgIpc) is 2.63. The summed E-state index contributed by atoms with van der Waals surface area (Å²) in [4.78, 5) is 10.9. The van der Waals surface area contributed by atoms with Gasteiger partial charge >= 0.3 is 0 Å². The van der Waals surface area contributed by atoms with E-state index in [2.05, 4.69) is 19.1 Å². The Bertz CT molecular complexity index is 431. The summed E-state index contributed by atoms with van der Waals surface area (Å²) in [6.45, 7) is 3.25. The molecule has 0 radical (unpaired) electrons. The number of carbonyl (C=O) groups excluding carboxylic acids is 1. The Morgan fingerprint density at radius 1 is 0.933 bits per heavy atom. The predicted molar refractivity (Wildman–Crippen MR) is 123 cm³/mol. The first-order valence-corrected chi connectivity index (χ1v) is 12.2. The second-order valence-corrected chi connectivity index (χ2v) is 9.65. The smallest absolute Gasteiger partial charge is 0.112 e. The number of aliphatic carboxylic acids is 1. The molecule has 0 rings (SSSR count). The highest BCUT2D eigenvalue weighted by Gasteiger charge is 2.19. The van der Waals surface area contributed by atoms with Gasteiger partial charge in [0, 0.05) is 19.0 Å². The first-order chi connectivity index (χ1) is 14.2. The van der Waals surface area contributed by atoms with Gasteiger partial charge in [-0.2, -0.15) is 0 Å². The summed E-state index contributed by atoms with van der Waals surface area (Å²) in [5.74, 6) is -1.09. The van der Waals surface area contributed by atoms with Crippen molar-refractivity contribution in [2.45, 2.75) is 109 Å². The summed E-state index contributed by atoms with van der Waals surface area (Å²) in [5.41, 5.74) is 0. The lowest BCUT2D eigenvalue weighted by Crippen LogP contribution is -2.44. The first-order valence-electron chi connectivity index (χ1n) is 12.2. The number of carbonyl (C=O) groups is 1. The van der Waals surface area contributed by atoms with Crippen LogP contribution in [0.2, 0.25) is 0 Å². The van der Waals surface area contributed by atoms with E-state index in [-0.39, 0.29) is 18.6 Å². The molecule has 0 aliphatic heterocycles. The van der Waals surface area contributed by atoms with Crippen molar-refractivity contribution in [2.75, 3.05) is 34.3 Å². The van der Waals surface area contributed by atoms with Crippen LogP contribution in [0.25, 0.3) is 0 Å². The van der Waals surface area contributed by atoms with Gasteiger partial charge in [-0.1, -0.05) is 64.0 Å². The van der Waals surface area contributed by atoms with Crippen LogP contribution in [-0.4, -0.2) is 62.1 Å². The van der Waals surface area contributed by atoms with Gasteiger partial charge in [0.15, 0.2) is 0 Å². The number of nitrogens with zero attached hydrogens (tertiary/aromatic N) is 1. The van der Waals surface area contributed by atoms with E-state index >= 15 is 0 Å². The molecule has 178 valence electrons. The standard InChI is InChI=1S/C25H49NO4/c1-5-6-7-8-9-10-11-12-13-14-15-16-17-18-23(27)19-20-30-24(21-25(28)29)22-26(2,3)4/h12-13,23-24,27H,5-11,14-22H2,1-4H3. The molecule has 0 aliphatic rings. The molecule has 0 aromatic carbocycles. The number of aliphatic hydroxyl groups excluding tert-OH is 1. The fourth-order valence-corrected chi connectivity index (χ4v) is 3.59. The summed E-state index contributed by atoms with van der Waals surface area (Å²) >= 11 is 0. The molecule has 0 aromatic rings. The second kappa shape index (κ2) is 18.8. The molecule has 30 heavy (non-hydrogen) atoms. The lowest BCUT2D eigenvalue weighted by Gasteiger charge is -2.29. The van der Waals surface area contributed by atoms with Gasteiger partial charge in [-0.3, -0.25) is 0 Å². The zero-order valence-electron chi connectivity index (χ0n) is 20.2. The van der Waals surface area contributed by atoms with Crippen LogP contribution in [0, 0.1) is 0 Å². The number of hydrogen-bond acceptors (Lipinski definition) is 4. The maximum atomic E-state index is 10.9. The van der Waals surface area contributed by atoms with E-state index in [1.54, 1.807) is 0 Å². The average molecular weight is 428 g/mol. The molecule has 0 bridgehead atoms. The number of carboxylic acids is 1. The Hall–Kier alpha value is -0.910. The lowest BCUT2D eigenvalue weighted by molar-refractivity contribution is -0.873. The molecule has 0 aliphatic carbocycles. The molecule has 0 aromatic heterocycles. The molecule has 0 saturated heterocycles. The quantitative estimate of drug-likeness (QED) is 0.169. The minimum absolute atomic E-state index is 0.0992. The van der Waals surface area contributed by atoms with E-state index in [1.807, 2.05) is 21.1 Å². The van der Waals surface area contributed by atoms with E-state index in [4.69, 9.17) is 4.74 Å². The predicted octanol–water partition coefficient (Wildman–Crippen LogP) is 4.23. The maximum Gasteiger partial charge on any atom is 0.112 e. The molecule has 5 heteroatoms. The Labute approximate surface area is 186 Å². The summed E-state index contributed by atoms with van der Waals surface area (Å²) < 4.78 is 6.35. The Kier molecular flexibility index (Phi) is 18.3. The van der Waals surface area contributed by atoms with Crippen molar-refractivity contribution >= 4 is 5.97 Å². The van der Waals surface area contributed by atoms with Gasteiger partial charge in [-0.15, -0.1) is 0 Å². The van der Waals surface area contributed by atoms with Gasteiger partial charge in [0.2, 0.25) is 0 Å². The van der Waals surface area contributed by atoms with E-state index in [9.17, 15) is 15.0 Å². The molecule has 5 nitrogen and oxygen atoms in total. The van der Waals surface area contributed by atoms with Gasteiger partial charge in [0.1, 0.15) is 12.6 Å². The third-order valence-electron chi connectivity index (χ3n) is 5.25. The van der Waals surface area contributed by atoms with Gasteiger partial charge in [0.25, 0.3) is 0 Å². The van der Waals surface area contributed by atoms with E-state index in [0.29, 0.717) is 24.1 Å². The number of ether oxygens (including phenoxy) is 1. The number of allylic oxidation sites excluding steroid dienone is 2. The fraction of sp³-hybridized carbons (Fsp3) is 0.880. The summed E-state index contributed by atoms with van der Waals surface area (Å²) in [6.07, 6.45) is 18.9. The largest absolute Gasteiger partial charge is 0.550 e. The minimum atomic E-state index is -1.09. The summed E-state index contributed by atoms with van der Waals surface area (Å²) in [5, 5.41) is 21.0. The van der Waals surface area contributed by atoms with Crippen molar-refractivity contribution < 1.29 is 24.2 Å². The molecule has 0 heterocycles. The molecule has 1 N–H and O–H groups in total. The molecule has 2 atom stereocenters. The molecule has 0 spiro atoms. The normalized spacial score (nSPS) is 14.3. The lowest BCUT2D eigenvalue weighted by atomic mass is 10.1. The van der Waals surface area contributed by atoms with E-state index in [0.717, 1.165) is 25.7 Å². The third-order valence-corrected chi connectivity index (χ3v) is 5.25. The second-order valence-electron chi connectivity index (χ2n) is 9.65. The Balaban J connectivity index is 3.65. The van der Waals surface area contributed by atoms with Gasteiger partial charge in [0.05, 0.1) is 27.2 Å². The van der Waals surface area contributed by atoms with Crippen molar-refractivity contribution in [1.29, 1.82) is 0 Å². The SMILES string of the molecule is CCCCCCCCC=CCCCCCC(O)CCOC(CC(=O)[O-])C[N+](C)(C)C. The molecular weight excluding hydrogens is 378 g/mol. The number of rotatable bonds is 21. The molecule has 0 fully saturated rings. The molecule has 2 unspecified atom stereocenters. The van der Waals surface area contributed by atoms with Crippen LogP contribution in [0.5, 0.6) is 0 Å². The number of unbranched alkanes of at least 4 members (excludes halogenated alkanes) is 9. The zero-order valence-corrected chi connectivity index (χ0v) is 20.2. The number of hydrogen-bond donors (Lipinski definition) is 1. The minimum Gasteiger partial charge on any atom is -0.550 e. The maximum absolute atomic E-state index is 10.9. The van der Waals surface area contributed by atoms with Crippen LogP contribution >= 0.6 is 0 Å². The fourth-order valence-electron chi connectivity index (χ4n) is 3.59. The van der Waals surface area contributed by atoms with Crippen molar-refractivity contribution in [2.24, 2.45) is 0 Å². The van der Waals surface area contributed by atoms with Crippen molar-refractivity contribution in [3.8, 4) is 0 Å². The highest BCUT2D eigenvalue weighted by atomic mass is 16.5. The number of aliphatic hydroxyl groups is 1. The third kappa shape index (κ3) is 21.8.